The van der Waals surface area contributed by atoms with E-state index in [1.165, 1.54) is 11.8 Å². The number of amides is 1. The van der Waals surface area contributed by atoms with Gasteiger partial charge in [-0.2, -0.15) is 0 Å². The number of aliphatic hydroxyl groups excluding tert-OH is 1. The van der Waals surface area contributed by atoms with E-state index >= 15 is 0 Å². The van der Waals surface area contributed by atoms with Gasteiger partial charge < -0.3 is 29.9 Å². The average molecular weight is 466 g/mol. The number of nitrogens with one attached hydrogen (secondary N) is 1. The molecule has 2 unspecified atom stereocenters. The molecule has 3 aromatic rings. The van der Waals surface area contributed by atoms with Crippen molar-refractivity contribution in [2.75, 3.05) is 18.6 Å². The van der Waals surface area contributed by atoms with Crippen LogP contribution in [0.2, 0.25) is 0 Å². The molecule has 5 rings (SSSR count). The van der Waals surface area contributed by atoms with Crippen LogP contribution in [0.3, 0.4) is 0 Å². The number of nitrogens with zero attached hydrogens (tertiary/aromatic N) is 5. The fraction of sp³-hybridized carbons (Fsp3) is 0.391. The number of hydrogen-bond donors (Lipinski definition) is 3. The second kappa shape index (κ2) is 8.35. The number of carbonyl (C=O) groups excluding carboxylic acids is 1. The van der Waals surface area contributed by atoms with Crippen molar-refractivity contribution in [3.8, 4) is 16.9 Å². The second-order valence-corrected chi connectivity index (χ2v) is 8.91. The first kappa shape index (κ1) is 22.3. The Balaban J connectivity index is 1.34. The summed E-state index contributed by atoms with van der Waals surface area (Å²) in [4.78, 5) is 17.8. The molecule has 0 saturated carbocycles. The number of benzene rings is 1. The van der Waals surface area contributed by atoms with Crippen LogP contribution in [0.1, 0.15) is 25.1 Å². The van der Waals surface area contributed by atoms with E-state index in [4.69, 9.17) is 4.74 Å². The van der Waals surface area contributed by atoms with E-state index in [0.717, 1.165) is 22.4 Å². The molecule has 11 heteroatoms. The number of methoxy groups -OCH3 is 1. The normalized spacial score (nSPS) is 21.3. The number of fused-ring (bicyclic) bond motifs is 3. The number of anilines is 1. The number of rotatable bonds is 5. The zero-order valence-corrected chi connectivity index (χ0v) is 19.0. The highest BCUT2D eigenvalue weighted by Crippen LogP contribution is 2.41. The SMILES string of the molecule is COC(=O)NCC1OC(O)N2c3ccc(-c4ccc(-n5cc(C(C)(C)O)nn5)nc4)cc3C[C@@H]12. The lowest BCUT2D eigenvalue weighted by atomic mass is 10.0. The lowest BCUT2D eigenvalue weighted by Crippen LogP contribution is -2.41. The monoisotopic (exact) mass is 466 g/mol. The lowest BCUT2D eigenvalue weighted by molar-refractivity contribution is -0.0887. The Labute approximate surface area is 195 Å². The van der Waals surface area contributed by atoms with Gasteiger partial charge in [-0.1, -0.05) is 11.3 Å². The van der Waals surface area contributed by atoms with Gasteiger partial charge in [0.2, 0.25) is 6.41 Å². The van der Waals surface area contributed by atoms with E-state index in [9.17, 15) is 15.0 Å². The van der Waals surface area contributed by atoms with Crippen LogP contribution in [0, 0.1) is 0 Å². The summed E-state index contributed by atoms with van der Waals surface area (Å²) >= 11 is 0. The van der Waals surface area contributed by atoms with Crippen LogP contribution in [-0.2, 0) is 21.5 Å². The molecular weight excluding hydrogens is 440 g/mol. The summed E-state index contributed by atoms with van der Waals surface area (Å²) in [7, 11) is 1.30. The lowest BCUT2D eigenvalue weighted by Gasteiger charge is -2.21. The van der Waals surface area contributed by atoms with Crippen LogP contribution >= 0.6 is 0 Å². The molecule has 178 valence electrons. The van der Waals surface area contributed by atoms with Gasteiger partial charge in [0.05, 0.1) is 19.3 Å². The van der Waals surface area contributed by atoms with Gasteiger partial charge in [-0.3, -0.25) is 0 Å². The maximum absolute atomic E-state index is 11.4. The van der Waals surface area contributed by atoms with Gasteiger partial charge in [-0.05, 0) is 55.7 Å². The fourth-order valence-corrected chi connectivity index (χ4v) is 4.38. The Morgan fingerprint density at radius 1 is 1.29 bits per heavy atom. The molecule has 0 radical (unpaired) electrons. The van der Waals surface area contributed by atoms with Crippen molar-refractivity contribution in [2.24, 2.45) is 0 Å². The van der Waals surface area contributed by atoms with Crippen LogP contribution in [0.5, 0.6) is 0 Å². The van der Waals surface area contributed by atoms with Gasteiger partial charge in [-0.25, -0.2) is 14.5 Å². The van der Waals surface area contributed by atoms with Gasteiger partial charge in [-0.15, -0.1) is 5.10 Å². The van der Waals surface area contributed by atoms with Crippen molar-refractivity contribution in [1.82, 2.24) is 25.3 Å². The minimum absolute atomic E-state index is 0.0878. The largest absolute Gasteiger partial charge is 0.453 e. The van der Waals surface area contributed by atoms with Crippen molar-refractivity contribution < 1.29 is 24.5 Å². The number of ether oxygens (including phenoxy) is 2. The van der Waals surface area contributed by atoms with E-state index in [2.05, 4.69) is 31.4 Å². The Morgan fingerprint density at radius 2 is 2.09 bits per heavy atom. The number of hydrogen-bond acceptors (Lipinski definition) is 9. The molecular formula is C23H26N6O5. The molecule has 2 aliphatic heterocycles. The zero-order chi connectivity index (χ0) is 24.0. The molecule has 3 N–H and O–H groups in total. The number of aliphatic hydroxyl groups is 2. The number of carbonyl (C=O) groups is 1. The summed E-state index contributed by atoms with van der Waals surface area (Å²) in [5.74, 6) is 0.592. The first-order valence-corrected chi connectivity index (χ1v) is 10.9. The van der Waals surface area contributed by atoms with E-state index in [1.807, 2.05) is 29.2 Å². The molecule has 2 aromatic heterocycles. The molecule has 0 bridgehead atoms. The Bertz CT molecular complexity index is 1210. The number of alkyl carbamates (subject to hydrolysis) is 1. The Hall–Kier alpha value is -3.54. The molecule has 1 fully saturated rings. The van der Waals surface area contributed by atoms with Gasteiger partial charge in [0.15, 0.2) is 5.82 Å². The summed E-state index contributed by atoms with van der Waals surface area (Å²) in [6.45, 7) is 3.55. The maximum atomic E-state index is 11.4. The number of aromatic nitrogens is 4. The molecule has 0 spiro atoms. The van der Waals surface area contributed by atoms with Crippen LogP contribution in [0.15, 0.2) is 42.7 Å². The van der Waals surface area contributed by atoms with Crippen molar-refractivity contribution >= 4 is 11.8 Å². The molecule has 1 amide bonds. The highest BCUT2D eigenvalue weighted by Gasteiger charge is 2.46. The average Bonchev–Trinajstić information content (AvgIpc) is 3.52. The summed E-state index contributed by atoms with van der Waals surface area (Å²) in [5, 5.41) is 31.2. The Morgan fingerprint density at radius 3 is 2.76 bits per heavy atom. The van der Waals surface area contributed by atoms with E-state index < -0.39 is 18.1 Å². The zero-order valence-electron chi connectivity index (χ0n) is 19.0. The third-order valence-corrected chi connectivity index (χ3v) is 6.18. The molecule has 1 saturated heterocycles. The smallest absolute Gasteiger partial charge is 0.406 e. The van der Waals surface area contributed by atoms with Crippen LogP contribution in [-0.4, -0.2) is 68.5 Å². The first-order valence-electron chi connectivity index (χ1n) is 10.9. The van der Waals surface area contributed by atoms with E-state index in [-0.39, 0.29) is 18.7 Å². The molecule has 1 aromatic carbocycles. The predicted molar refractivity (Wildman–Crippen MR) is 121 cm³/mol. The predicted octanol–water partition coefficient (Wildman–Crippen LogP) is 1.32. The maximum Gasteiger partial charge on any atom is 0.406 e. The van der Waals surface area contributed by atoms with Gasteiger partial charge in [0.1, 0.15) is 17.4 Å². The molecule has 4 heterocycles. The molecule has 3 atom stereocenters. The topological polar surface area (TPSA) is 135 Å². The fourth-order valence-electron chi connectivity index (χ4n) is 4.38. The third kappa shape index (κ3) is 3.98. The molecule has 34 heavy (non-hydrogen) atoms. The summed E-state index contributed by atoms with van der Waals surface area (Å²) in [5.41, 5.74) is 3.31. The second-order valence-electron chi connectivity index (χ2n) is 8.91. The first-order chi connectivity index (χ1) is 16.2. The van der Waals surface area contributed by atoms with E-state index in [1.54, 1.807) is 26.2 Å². The molecule has 0 aliphatic carbocycles. The minimum atomic E-state index is -1.08. The highest BCUT2D eigenvalue weighted by atomic mass is 16.6. The summed E-state index contributed by atoms with van der Waals surface area (Å²) < 4.78 is 11.8. The van der Waals surface area contributed by atoms with Gasteiger partial charge in [0.25, 0.3) is 0 Å². The van der Waals surface area contributed by atoms with Gasteiger partial charge in [0, 0.05) is 24.0 Å². The van der Waals surface area contributed by atoms with Crippen molar-refractivity contribution in [2.45, 2.75) is 44.4 Å². The minimum Gasteiger partial charge on any atom is -0.453 e. The molecule has 2 aliphatic rings. The van der Waals surface area contributed by atoms with Crippen molar-refractivity contribution in [1.29, 1.82) is 0 Å². The quantitative estimate of drug-likeness (QED) is 0.509. The standard InChI is InChI=1S/C23H26N6O5/c1-23(2,32)19-12-28(27-26-19)20-7-5-14(10-24-20)13-4-6-16-15(8-13)9-17-18(11-25-21(30)33-3)34-22(31)29(16)17/h4-8,10,12,17-18,22,31-32H,9,11H2,1-3H3,(H,25,30)/t17-,18?,22?/m0/s1. The van der Waals surface area contributed by atoms with Crippen LogP contribution in [0.4, 0.5) is 10.5 Å². The summed E-state index contributed by atoms with van der Waals surface area (Å²) in [6, 6.07) is 9.74. The van der Waals surface area contributed by atoms with Crippen molar-refractivity contribution in [3.05, 3.63) is 54.0 Å². The highest BCUT2D eigenvalue weighted by molar-refractivity contribution is 5.71. The summed E-state index contributed by atoms with van der Waals surface area (Å²) in [6.07, 6.45) is 2.13. The number of pyridine rings is 1. The van der Waals surface area contributed by atoms with Crippen LogP contribution < -0.4 is 10.2 Å². The Kier molecular flexibility index (Phi) is 5.47. The van der Waals surface area contributed by atoms with Gasteiger partial charge >= 0.3 is 6.09 Å². The van der Waals surface area contributed by atoms with Crippen LogP contribution in [0.25, 0.3) is 16.9 Å². The third-order valence-electron chi connectivity index (χ3n) is 6.18. The van der Waals surface area contributed by atoms with E-state index in [0.29, 0.717) is 17.9 Å². The van der Waals surface area contributed by atoms with Crippen molar-refractivity contribution in [3.63, 3.8) is 0 Å². The molecule has 11 nitrogen and oxygen atoms in total.